The molecule has 1 aromatic carbocycles. The lowest BCUT2D eigenvalue weighted by molar-refractivity contribution is -0.127. The van der Waals surface area contributed by atoms with Gasteiger partial charge in [-0.15, -0.1) is 0 Å². The molecule has 0 bridgehead atoms. The second-order valence-electron chi connectivity index (χ2n) is 5.82. The van der Waals surface area contributed by atoms with Gasteiger partial charge in [0, 0.05) is 36.0 Å². The van der Waals surface area contributed by atoms with Gasteiger partial charge in [0.25, 0.3) is 0 Å². The third-order valence-corrected chi connectivity index (χ3v) is 4.54. The molecule has 5 nitrogen and oxygen atoms in total. The van der Waals surface area contributed by atoms with Crippen LogP contribution in [-0.4, -0.2) is 39.2 Å². The van der Waals surface area contributed by atoms with E-state index in [0.717, 1.165) is 22.0 Å². The van der Waals surface area contributed by atoms with Crippen LogP contribution < -0.4 is 0 Å². The molecule has 1 aromatic heterocycles. The van der Waals surface area contributed by atoms with Gasteiger partial charge in [0.2, 0.25) is 5.91 Å². The molecule has 0 spiro atoms. The van der Waals surface area contributed by atoms with E-state index in [1.165, 1.54) is 0 Å². The maximum Gasteiger partial charge on any atom is 0.220 e. The topological polar surface area (TPSA) is 69.2 Å². The van der Waals surface area contributed by atoms with Crippen LogP contribution in [0.3, 0.4) is 0 Å². The van der Waals surface area contributed by atoms with Crippen molar-refractivity contribution in [2.75, 3.05) is 13.1 Å². The highest BCUT2D eigenvalue weighted by Crippen LogP contribution is 2.41. The van der Waals surface area contributed by atoms with E-state index in [0.29, 0.717) is 23.7 Å². The number of aromatic amines is 1. The van der Waals surface area contributed by atoms with Gasteiger partial charge in [-0.2, -0.15) is 5.10 Å². The van der Waals surface area contributed by atoms with Gasteiger partial charge >= 0.3 is 0 Å². The number of amides is 1. The summed E-state index contributed by atoms with van der Waals surface area (Å²) in [5.74, 6) is 0.0414. The average Bonchev–Trinajstić information content (AvgIpc) is 3.10. The van der Waals surface area contributed by atoms with E-state index in [9.17, 15) is 9.90 Å². The number of fused-ring (bicyclic) bond motifs is 2. The van der Waals surface area contributed by atoms with Crippen LogP contribution in [0, 0.1) is 0 Å². The number of rotatable bonds is 1. The molecule has 6 heteroatoms. The maximum absolute atomic E-state index is 11.5. The number of carbonyl (C=O) groups excluding carboxylic acids is 1. The van der Waals surface area contributed by atoms with Crippen molar-refractivity contribution in [2.45, 2.75) is 12.5 Å². The molecule has 0 saturated carbocycles. The summed E-state index contributed by atoms with van der Waals surface area (Å²) in [5, 5.41) is 19.4. The smallest absolute Gasteiger partial charge is 0.220 e. The summed E-state index contributed by atoms with van der Waals surface area (Å²) < 4.78 is 0. The molecule has 22 heavy (non-hydrogen) atoms. The summed E-state index contributed by atoms with van der Waals surface area (Å²) in [4.78, 5) is 13.2. The highest BCUT2D eigenvalue weighted by molar-refractivity contribution is 6.31. The van der Waals surface area contributed by atoms with Crippen LogP contribution in [-0.2, 0) is 10.4 Å². The number of halogens is 1. The number of aliphatic hydroxyl groups is 1. The summed E-state index contributed by atoms with van der Waals surface area (Å²) in [6.45, 7) is 2.64. The van der Waals surface area contributed by atoms with Crippen molar-refractivity contribution in [2.24, 2.45) is 0 Å². The monoisotopic (exact) mass is 315 g/mol. The molecule has 1 amide bonds. The van der Waals surface area contributed by atoms with Gasteiger partial charge in [-0.05, 0) is 35.4 Å². The number of aromatic nitrogens is 2. The first-order valence-corrected chi connectivity index (χ1v) is 7.39. The number of likely N-dealkylation sites (tertiary alicyclic amines) is 1. The zero-order chi connectivity index (χ0) is 15.5. The Morgan fingerprint density at radius 1 is 1.36 bits per heavy atom. The molecular formula is C16H14ClN3O2. The SMILES string of the molecule is CC(=O)N1CC2=CC(O)(c3cc(Cl)cc4[nH]ncc34)C=C2C1. The zero-order valence-electron chi connectivity index (χ0n) is 11.9. The lowest BCUT2D eigenvalue weighted by Crippen LogP contribution is -2.26. The van der Waals surface area contributed by atoms with E-state index in [1.807, 2.05) is 12.2 Å². The van der Waals surface area contributed by atoms with Crippen molar-refractivity contribution < 1.29 is 9.90 Å². The first-order chi connectivity index (χ1) is 10.5. The first kappa shape index (κ1) is 13.5. The Morgan fingerprint density at radius 3 is 2.68 bits per heavy atom. The highest BCUT2D eigenvalue weighted by atomic mass is 35.5. The number of benzene rings is 1. The van der Waals surface area contributed by atoms with Crippen molar-refractivity contribution in [3.63, 3.8) is 0 Å². The molecule has 2 heterocycles. The molecular weight excluding hydrogens is 302 g/mol. The minimum absolute atomic E-state index is 0.0414. The van der Waals surface area contributed by atoms with Gasteiger partial charge in [-0.3, -0.25) is 9.89 Å². The minimum Gasteiger partial charge on any atom is -0.377 e. The standard InChI is InChI=1S/C16H14ClN3O2/c1-9(21)20-7-10-4-16(22,5-11(10)8-20)14-2-12(17)3-15-13(14)6-18-19-15/h2-6,22H,7-8H2,1H3,(H,18,19). The molecule has 2 aliphatic rings. The van der Waals surface area contributed by atoms with E-state index < -0.39 is 5.60 Å². The highest BCUT2D eigenvalue weighted by Gasteiger charge is 2.38. The van der Waals surface area contributed by atoms with Gasteiger partial charge < -0.3 is 10.0 Å². The third kappa shape index (κ3) is 1.90. The van der Waals surface area contributed by atoms with E-state index >= 15 is 0 Å². The van der Waals surface area contributed by atoms with E-state index in [1.54, 1.807) is 30.2 Å². The normalized spacial score (nSPS) is 19.3. The van der Waals surface area contributed by atoms with Crippen LogP contribution in [0.15, 0.2) is 41.6 Å². The predicted octanol–water partition coefficient (Wildman–Crippen LogP) is 2.13. The second kappa shape index (κ2) is 4.44. The summed E-state index contributed by atoms with van der Waals surface area (Å²) in [6, 6.07) is 3.54. The number of carbonyl (C=O) groups is 1. The molecule has 2 N–H and O–H groups in total. The number of nitrogens with zero attached hydrogens (tertiary/aromatic N) is 2. The molecule has 112 valence electrons. The molecule has 1 fully saturated rings. The Hall–Kier alpha value is -2.11. The molecule has 2 aromatic rings. The molecule has 4 rings (SSSR count). The van der Waals surface area contributed by atoms with E-state index in [2.05, 4.69) is 10.2 Å². The molecule has 1 aliphatic heterocycles. The Balaban J connectivity index is 1.81. The van der Waals surface area contributed by atoms with Gasteiger partial charge in [-0.25, -0.2) is 0 Å². The Labute approximate surface area is 131 Å². The fourth-order valence-corrected chi connectivity index (χ4v) is 3.46. The quantitative estimate of drug-likeness (QED) is 0.847. The summed E-state index contributed by atoms with van der Waals surface area (Å²) >= 11 is 6.15. The van der Waals surface area contributed by atoms with Crippen LogP contribution in [0.1, 0.15) is 12.5 Å². The van der Waals surface area contributed by atoms with Crippen LogP contribution >= 0.6 is 11.6 Å². The summed E-state index contributed by atoms with van der Waals surface area (Å²) in [5.41, 5.74) is 2.27. The zero-order valence-corrected chi connectivity index (χ0v) is 12.7. The Kier molecular flexibility index (Phi) is 2.74. The summed E-state index contributed by atoms with van der Waals surface area (Å²) in [7, 11) is 0. The van der Waals surface area contributed by atoms with E-state index in [-0.39, 0.29) is 5.91 Å². The molecule has 1 aliphatic carbocycles. The molecule has 1 saturated heterocycles. The molecule has 0 radical (unpaired) electrons. The number of H-pyrrole nitrogens is 1. The van der Waals surface area contributed by atoms with Crippen molar-refractivity contribution in [3.8, 4) is 0 Å². The van der Waals surface area contributed by atoms with Crippen LogP contribution in [0.2, 0.25) is 5.02 Å². The van der Waals surface area contributed by atoms with Crippen LogP contribution in [0.4, 0.5) is 0 Å². The lowest BCUT2D eigenvalue weighted by atomic mass is 9.92. The van der Waals surface area contributed by atoms with E-state index in [4.69, 9.17) is 11.6 Å². The number of hydrogen-bond acceptors (Lipinski definition) is 3. The Morgan fingerprint density at radius 2 is 2.05 bits per heavy atom. The number of nitrogens with one attached hydrogen (secondary N) is 1. The first-order valence-electron chi connectivity index (χ1n) is 7.01. The Bertz CT molecular complexity index is 843. The fourth-order valence-electron chi connectivity index (χ4n) is 3.25. The third-order valence-electron chi connectivity index (χ3n) is 4.32. The average molecular weight is 316 g/mol. The van der Waals surface area contributed by atoms with Crippen LogP contribution in [0.25, 0.3) is 10.9 Å². The van der Waals surface area contributed by atoms with Crippen LogP contribution in [0.5, 0.6) is 0 Å². The largest absolute Gasteiger partial charge is 0.377 e. The van der Waals surface area contributed by atoms with Gasteiger partial charge in [-0.1, -0.05) is 11.6 Å². The van der Waals surface area contributed by atoms with Crippen molar-refractivity contribution >= 4 is 28.4 Å². The molecule has 0 atom stereocenters. The summed E-state index contributed by atoms with van der Waals surface area (Å²) in [6.07, 6.45) is 5.30. The maximum atomic E-state index is 11.5. The predicted molar refractivity (Wildman–Crippen MR) is 83.4 cm³/mol. The number of hydrogen-bond donors (Lipinski definition) is 2. The van der Waals surface area contributed by atoms with Gasteiger partial charge in [0.15, 0.2) is 0 Å². The van der Waals surface area contributed by atoms with Crippen molar-refractivity contribution in [1.82, 2.24) is 15.1 Å². The van der Waals surface area contributed by atoms with Crippen molar-refractivity contribution in [3.05, 3.63) is 52.2 Å². The van der Waals surface area contributed by atoms with Gasteiger partial charge in [0.1, 0.15) is 5.60 Å². The fraction of sp³-hybridized carbons (Fsp3) is 0.250. The molecule has 0 unspecified atom stereocenters. The lowest BCUT2D eigenvalue weighted by Gasteiger charge is -2.21. The van der Waals surface area contributed by atoms with Gasteiger partial charge in [0.05, 0.1) is 11.7 Å². The van der Waals surface area contributed by atoms with Crippen molar-refractivity contribution in [1.29, 1.82) is 0 Å². The second-order valence-corrected chi connectivity index (χ2v) is 6.26. The minimum atomic E-state index is -1.21.